The number of benzene rings is 2. The van der Waals surface area contributed by atoms with Crippen LogP contribution in [0, 0.1) is 5.82 Å². The Hall–Kier alpha value is -4.48. The second kappa shape index (κ2) is 11.7. The van der Waals surface area contributed by atoms with Gasteiger partial charge < -0.3 is 25.4 Å². The minimum atomic E-state index is -0.492. The second-order valence-corrected chi connectivity index (χ2v) is 8.77. The number of nitrogens with one attached hydrogen (secondary N) is 3. The summed E-state index contributed by atoms with van der Waals surface area (Å²) in [6.45, 7) is 2.17. The van der Waals surface area contributed by atoms with Crippen molar-refractivity contribution in [3.8, 4) is 5.75 Å². The number of hydrazone groups is 1. The quantitative estimate of drug-likeness (QED) is 0.180. The van der Waals surface area contributed by atoms with Gasteiger partial charge in [-0.3, -0.25) is 4.98 Å². The van der Waals surface area contributed by atoms with Crippen LogP contribution in [0.5, 0.6) is 5.75 Å². The summed E-state index contributed by atoms with van der Waals surface area (Å²) in [4.78, 5) is 14.4. The molecule has 0 aliphatic carbocycles. The summed E-state index contributed by atoms with van der Waals surface area (Å²) in [6, 6.07) is 15.9. The van der Waals surface area contributed by atoms with Gasteiger partial charge in [0, 0.05) is 41.2 Å². The lowest BCUT2D eigenvalue weighted by atomic mass is 10.2. The Morgan fingerprint density at radius 3 is 2.47 bits per heavy atom. The van der Waals surface area contributed by atoms with Crippen LogP contribution in [0.15, 0.2) is 72.1 Å². The van der Waals surface area contributed by atoms with Crippen LogP contribution in [0.4, 0.5) is 38.9 Å². The monoisotopic (exact) mass is 534 g/mol. The van der Waals surface area contributed by atoms with Crippen LogP contribution in [0.1, 0.15) is 5.69 Å². The lowest BCUT2D eigenvalue weighted by Crippen LogP contribution is -2.37. The third-order valence-corrected chi connectivity index (χ3v) is 5.72. The zero-order valence-corrected chi connectivity index (χ0v) is 20.9. The molecule has 0 amide bonds. The molecule has 1 saturated heterocycles. The Kier molecular flexibility index (Phi) is 7.76. The summed E-state index contributed by atoms with van der Waals surface area (Å²) < 4.78 is 19.5. The van der Waals surface area contributed by atoms with E-state index >= 15 is 0 Å². The first-order chi connectivity index (χ1) is 18.5. The van der Waals surface area contributed by atoms with E-state index in [9.17, 15) is 9.50 Å². The van der Waals surface area contributed by atoms with Gasteiger partial charge >= 0.3 is 0 Å². The number of phenolic OH excluding ortho intramolecular Hbond substituents is 1. The maximum absolute atomic E-state index is 14.2. The molecule has 1 fully saturated rings. The number of nitrogens with zero attached hydrogens (tertiary/aromatic N) is 5. The first kappa shape index (κ1) is 25.2. The summed E-state index contributed by atoms with van der Waals surface area (Å²) in [7, 11) is 0. The molecule has 2 aromatic carbocycles. The number of morpholine rings is 1. The molecule has 4 aromatic rings. The Balaban J connectivity index is 1.20. The van der Waals surface area contributed by atoms with E-state index in [-0.39, 0.29) is 17.5 Å². The third-order valence-electron chi connectivity index (χ3n) is 5.51. The molecule has 0 spiro atoms. The highest BCUT2D eigenvalue weighted by Crippen LogP contribution is 2.28. The average molecular weight is 535 g/mol. The summed E-state index contributed by atoms with van der Waals surface area (Å²) >= 11 is 6.30. The predicted molar refractivity (Wildman–Crippen MR) is 147 cm³/mol. The summed E-state index contributed by atoms with van der Waals surface area (Å²) in [5.74, 6) is 0.0747. The van der Waals surface area contributed by atoms with Gasteiger partial charge in [0.1, 0.15) is 5.75 Å². The number of hydrogen-bond donors (Lipinski definition) is 4. The zero-order valence-electron chi connectivity index (χ0n) is 20.1. The normalized spacial score (nSPS) is 13.5. The van der Waals surface area contributed by atoms with Gasteiger partial charge in [-0.25, -0.2) is 14.8 Å². The van der Waals surface area contributed by atoms with Crippen molar-refractivity contribution in [3.63, 3.8) is 0 Å². The lowest BCUT2D eigenvalue weighted by molar-refractivity contribution is 0.122. The van der Waals surface area contributed by atoms with Gasteiger partial charge in [-0.15, -0.1) is 0 Å². The molecule has 5 rings (SSSR count). The number of aromatic hydroxyl groups is 1. The summed E-state index contributed by atoms with van der Waals surface area (Å²) in [5.41, 5.74) is 6.31. The van der Waals surface area contributed by atoms with Gasteiger partial charge in [0.15, 0.2) is 11.6 Å². The number of halogens is 2. The smallest absolute Gasteiger partial charge is 0.245 e. The highest BCUT2D eigenvalue weighted by molar-refractivity contribution is 6.31. The molecule has 0 bridgehead atoms. The van der Waals surface area contributed by atoms with E-state index in [1.807, 2.05) is 23.1 Å². The molecule has 0 atom stereocenters. The molecule has 1 aliphatic heterocycles. The summed E-state index contributed by atoms with van der Waals surface area (Å²) in [6.07, 6.45) is 4.30. The van der Waals surface area contributed by atoms with Crippen molar-refractivity contribution in [2.24, 2.45) is 5.10 Å². The Labute approximate surface area is 223 Å². The lowest BCUT2D eigenvalue weighted by Gasteiger charge is -2.27. The molecule has 0 saturated carbocycles. The minimum Gasteiger partial charge on any atom is -0.508 e. The van der Waals surface area contributed by atoms with Crippen LogP contribution in [0.3, 0.4) is 0 Å². The van der Waals surface area contributed by atoms with E-state index < -0.39 is 5.82 Å². The Bertz CT molecular complexity index is 1430. The van der Waals surface area contributed by atoms with Crippen LogP contribution < -0.4 is 21.0 Å². The number of pyridine rings is 1. The Morgan fingerprint density at radius 2 is 1.74 bits per heavy atom. The van der Waals surface area contributed by atoms with Crippen molar-refractivity contribution in [1.82, 2.24) is 15.0 Å². The molecule has 1 aliphatic rings. The first-order valence-electron chi connectivity index (χ1n) is 11.8. The molecule has 38 heavy (non-hydrogen) atoms. The maximum atomic E-state index is 14.2. The van der Waals surface area contributed by atoms with Crippen LogP contribution >= 0.6 is 11.6 Å². The first-order valence-corrected chi connectivity index (χ1v) is 12.1. The van der Waals surface area contributed by atoms with E-state index in [0.717, 1.165) is 28.9 Å². The number of phenols is 1. The standard InChI is InChI=1S/C26H24ClFN8O2/c27-17-10-21(32-18-2-1-3-23(37)13-18)12-22(11-17)33-20-5-4-19(29-14-20)15-31-35-26-30-16-24(28)25(34-26)36-6-8-38-9-7-36/h1-5,10-16,32-33,37H,6-9H2,(H,30,34,35)/b31-15+. The fourth-order valence-electron chi connectivity index (χ4n) is 3.77. The van der Waals surface area contributed by atoms with Gasteiger partial charge in [-0.1, -0.05) is 17.7 Å². The van der Waals surface area contributed by atoms with Crippen LogP contribution in [-0.2, 0) is 4.74 Å². The fourth-order valence-corrected chi connectivity index (χ4v) is 4.01. The van der Waals surface area contributed by atoms with E-state index in [2.05, 4.69) is 36.1 Å². The molecule has 3 heterocycles. The molecule has 12 heteroatoms. The van der Waals surface area contributed by atoms with Crippen molar-refractivity contribution < 1.29 is 14.2 Å². The van der Waals surface area contributed by atoms with Crippen LogP contribution in [0.25, 0.3) is 0 Å². The number of rotatable bonds is 8. The van der Waals surface area contributed by atoms with Gasteiger partial charge in [0.05, 0.1) is 43.2 Å². The van der Waals surface area contributed by atoms with Crippen molar-refractivity contribution in [2.75, 3.05) is 47.3 Å². The molecule has 0 radical (unpaired) electrons. The van der Waals surface area contributed by atoms with Gasteiger partial charge in [0.25, 0.3) is 0 Å². The van der Waals surface area contributed by atoms with Crippen molar-refractivity contribution in [3.05, 3.63) is 83.5 Å². The third kappa shape index (κ3) is 6.64. The SMILES string of the molecule is Oc1cccc(Nc2cc(Cl)cc(Nc3ccc(/C=N/Nc4ncc(F)c(N5CCOCC5)n4)nc3)c2)c1. The van der Waals surface area contributed by atoms with Gasteiger partial charge in [-0.05, 0) is 42.5 Å². The van der Waals surface area contributed by atoms with Gasteiger partial charge in [0.2, 0.25) is 5.95 Å². The van der Waals surface area contributed by atoms with Crippen LogP contribution in [-0.4, -0.2) is 52.6 Å². The molecular weight excluding hydrogens is 511 g/mol. The molecule has 4 N–H and O–H groups in total. The maximum Gasteiger partial charge on any atom is 0.245 e. The Morgan fingerprint density at radius 1 is 0.947 bits per heavy atom. The molecule has 194 valence electrons. The molecule has 0 unspecified atom stereocenters. The highest BCUT2D eigenvalue weighted by Gasteiger charge is 2.17. The molecular formula is C26H24ClFN8O2. The average Bonchev–Trinajstić information content (AvgIpc) is 2.91. The molecule has 10 nitrogen and oxygen atoms in total. The van der Waals surface area contributed by atoms with E-state index in [4.69, 9.17) is 16.3 Å². The van der Waals surface area contributed by atoms with E-state index in [0.29, 0.717) is 37.0 Å². The van der Waals surface area contributed by atoms with E-state index in [1.54, 1.807) is 42.6 Å². The minimum absolute atomic E-state index is 0.170. The largest absolute Gasteiger partial charge is 0.508 e. The summed E-state index contributed by atoms with van der Waals surface area (Å²) in [5, 5.41) is 20.8. The second-order valence-electron chi connectivity index (χ2n) is 8.34. The highest BCUT2D eigenvalue weighted by atomic mass is 35.5. The number of ether oxygens (including phenoxy) is 1. The van der Waals surface area contributed by atoms with Crippen LogP contribution in [0.2, 0.25) is 5.02 Å². The van der Waals surface area contributed by atoms with E-state index in [1.165, 1.54) is 6.21 Å². The molecule has 2 aromatic heterocycles. The predicted octanol–water partition coefficient (Wildman–Crippen LogP) is 5.14. The van der Waals surface area contributed by atoms with Crippen molar-refractivity contribution >= 4 is 52.3 Å². The zero-order chi connectivity index (χ0) is 26.3. The van der Waals surface area contributed by atoms with Crippen molar-refractivity contribution in [1.29, 1.82) is 0 Å². The fraction of sp³-hybridized carbons (Fsp3) is 0.154. The number of aromatic nitrogens is 3. The topological polar surface area (TPSA) is 120 Å². The number of hydrogen-bond acceptors (Lipinski definition) is 10. The van der Waals surface area contributed by atoms with Crippen molar-refractivity contribution in [2.45, 2.75) is 0 Å². The number of anilines is 6. The van der Waals surface area contributed by atoms with Gasteiger partial charge in [-0.2, -0.15) is 10.1 Å².